The second-order valence-corrected chi connectivity index (χ2v) is 10.3. The van der Waals surface area contributed by atoms with E-state index in [4.69, 9.17) is 11.6 Å². The first-order chi connectivity index (χ1) is 15.7. The first kappa shape index (κ1) is 27.6. The number of likely N-dealkylation sites (N-methyl/N-ethyl adjacent to an activating group) is 1. The summed E-state index contributed by atoms with van der Waals surface area (Å²) in [6, 6.07) is 6.84. The van der Waals surface area contributed by atoms with Crippen LogP contribution in [-0.2, 0) is 9.53 Å². The van der Waals surface area contributed by atoms with E-state index in [-0.39, 0.29) is 11.6 Å². The van der Waals surface area contributed by atoms with E-state index in [1.807, 2.05) is 40.7 Å². The molecule has 5 nitrogen and oxygen atoms in total. The Balaban J connectivity index is 0.000000370. The van der Waals surface area contributed by atoms with Crippen molar-refractivity contribution < 1.29 is 9.53 Å². The molecule has 0 spiro atoms. The van der Waals surface area contributed by atoms with E-state index in [0.29, 0.717) is 12.5 Å². The Morgan fingerprint density at radius 2 is 1.85 bits per heavy atom. The van der Waals surface area contributed by atoms with Crippen LogP contribution in [0.4, 0.5) is 0 Å². The number of ether oxygens (including phenoxy) is 1. The summed E-state index contributed by atoms with van der Waals surface area (Å²) in [6.07, 6.45) is 8.57. The van der Waals surface area contributed by atoms with E-state index in [1.54, 1.807) is 0 Å². The molecule has 1 N–H and O–H groups in total. The number of hydrogen-bond donors (Lipinski definition) is 1. The summed E-state index contributed by atoms with van der Waals surface area (Å²) in [5, 5.41) is 4.37. The van der Waals surface area contributed by atoms with Crippen molar-refractivity contribution in [1.82, 2.24) is 15.1 Å². The lowest BCUT2D eigenvalue weighted by Gasteiger charge is -2.42. The van der Waals surface area contributed by atoms with Gasteiger partial charge in [0, 0.05) is 35.7 Å². The van der Waals surface area contributed by atoms with Gasteiger partial charge in [0.05, 0.1) is 12.1 Å². The summed E-state index contributed by atoms with van der Waals surface area (Å²) in [5.74, 6) is 0. The van der Waals surface area contributed by atoms with E-state index >= 15 is 0 Å². The fraction of sp³-hybridized carbons (Fsp3) is 0.500. The van der Waals surface area contributed by atoms with Gasteiger partial charge in [0.2, 0.25) is 0 Å². The first-order valence-corrected chi connectivity index (χ1v) is 12.7. The van der Waals surface area contributed by atoms with Gasteiger partial charge in [0.25, 0.3) is 6.47 Å². The predicted molar refractivity (Wildman–Crippen MR) is 143 cm³/mol. The zero-order valence-electron chi connectivity index (χ0n) is 20.6. The fourth-order valence-electron chi connectivity index (χ4n) is 3.98. The lowest BCUT2D eigenvalue weighted by atomic mass is 9.90. The topological polar surface area (TPSA) is 44.8 Å². The molecular weight excluding hydrogens is 502 g/mol. The third-order valence-corrected chi connectivity index (χ3v) is 6.44. The van der Waals surface area contributed by atoms with Crippen LogP contribution in [0.5, 0.6) is 0 Å². The molecule has 182 valence electrons. The molecule has 0 amide bonds. The molecule has 2 heterocycles. The van der Waals surface area contributed by atoms with Gasteiger partial charge >= 0.3 is 0 Å². The number of halogens is 2. The number of rotatable bonds is 2. The molecule has 1 aromatic carbocycles. The smallest absolute Gasteiger partial charge is 0.293 e. The average molecular weight is 539 g/mol. The zero-order valence-corrected chi connectivity index (χ0v) is 22.9. The number of piperazine rings is 1. The molecule has 0 radical (unpaired) electrons. The van der Waals surface area contributed by atoms with Crippen molar-refractivity contribution in [3.05, 3.63) is 64.3 Å². The van der Waals surface area contributed by atoms with Crippen molar-refractivity contribution in [1.29, 1.82) is 0 Å². The van der Waals surface area contributed by atoms with E-state index < -0.39 is 0 Å². The van der Waals surface area contributed by atoms with Crippen LogP contribution in [0.2, 0.25) is 5.02 Å². The minimum atomic E-state index is -0.318. The standard InChI is InChI=1S/C19H21BrClN3.C5H10O2.C2H6/c1-23-7-9-24(10-8-23)19-15-5-4-14(21)12-16(15)17(20)11-13-3-2-6-22-18(13)19;1-5(2,3)7-4-6;1-2/h2-6,11-12,18-19,22H,7-10H2,1H3;4H,1-3H3;1-2H3/t18?,19-;;/m0../s1. The monoisotopic (exact) mass is 537 g/mol. The summed E-state index contributed by atoms with van der Waals surface area (Å²) in [4.78, 5) is 14.6. The molecule has 1 unspecified atom stereocenters. The Kier molecular flexibility index (Phi) is 10.7. The average Bonchev–Trinajstić information content (AvgIpc) is 2.89. The molecule has 3 aliphatic rings. The quantitative estimate of drug-likeness (QED) is 0.484. The molecule has 2 atom stereocenters. The number of dihydropyridines is 1. The lowest BCUT2D eigenvalue weighted by Crippen LogP contribution is -2.51. The Morgan fingerprint density at radius 3 is 2.42 bits per heavy atom. The van der Waals surface area contributed by atoms with Gasteiger partial charge in [-0.05, 0) is 75.0 Å². The second kappa shape index (κ2) is 12.7. The highest BCUT2D eigenvalue weighted by atomic mass is 79.9. The summed E-state index contributed by atoms with van der Waals surface area (Å²) in [7, 11) is 2.20. The maximum absolute atomic E-state index is 9.60. The number of carbonyl (C=O) groups is 1. The fourth-order valence-corrected chi connectivity index (χ4v) is 4.76. The van der Waals surface area contributed by atoms with Crippen LogP contribution in [0.15, 0.2) is 48.2 Å². The van der Waals surface area contributed by atoms with Crippen LogP contribution in [-0.4, -0.2) is 61.1 Å². The number of nitrogens with one attached hydrogen (secondary N) is 1. The molecule has 0 saturated carbocycles. The normalized spacial score (nSPS) is 22.4. The highest BCUT2D eigenvalue weighted by Crippen LogP contribution is 2.41. The molecule has 0 aromatic heterocycles. The molecule has 2 aliphatic heterocycles. The maximum atomic E-state index is 9.60. The highest BCUT2D eigenvalue weighted by molar-refractivity contribution is 9.15. The van der Waals surface area contributed by atoms with Crippen LogP contribution >= 0.6 is 27.5 Å². The van der Waals surface area contributed by atoms with Crippen molar-refractivity contribution in [3.63, 3.8) is 0 Å². The summed E-state index contributed by atoms with van der Waals surface area (Å²) < 4.78 is 5.65. The second-order valence-electron chi connectivity index (χ2n) is 9.00. The van der Waals surface area contributed by atoms with Gasteiger partial charge in [0.1, 0.15) is 5.60 Å². The minimum absolute atomic E-state index is 0.258. The molecule has 1 saturated heterocycles. The van der Waals surface area contributed by atoms with Crippen LogP contribution in [0.3, 0.4) is 0 Å². The Hall–Kier alpha value is -1.60. The summed E-state index contributed by atoms with van der Waals surface area (Å²) in [6.45, 7) is 14.3. The van der Waals surface area contributed by atoms with E-state index in [0.717, 1.165) is 35.7 Å². The number of allylic oxidation sites excluding steroid dienone is 2. The Bertz CT molecular complexity index is 884. The van der Waals surface area contributed by atoms with Crippen molar-refractivity contribution in [2.24, 2.45) is 0 Å². The Morgan fingerprint density at radius 1 is 1.18 bits per heavy atom. The van der Waals surface area contributed by atoms with E-state index in [1.165, 1.54) is 16.7 Å². The van der Waals surface area contributed by atoms with Crippen LogP contribution < -0.4 is 5.32 Å². The first-order valence-electron chi connectivity index (χ1n) is 11.5. The predicted octanol–water partition coefficient (Wildman–Crippen LogP) is 5.77. The molecule has 1 aromatic rings. The van der Waals surface area contributed by atoms with Gasteiger partial charge in [-0.25, -0.2) is 0 Å². The molecule has 7 heteroatoms. The molecule has 33 heavy (non-hydrogen) atoms. The third kappa shape index (κ3) is 7.71. The number of fused-ring (bicyclic) bond motifs is 2. The van der Waals surface area contributed by atoms with Gasteiger partial charge in [-0.1, -0.05) is 53.5 Å². The number of nitrogens with zero attached hydrogens (tertiary/aromatic N) is 2. The number of carbonyl (C=O) groups excluding carboxylic acids is 1. The van der Waals surface area contributed by atoms with Gasteiger partial charge in [-0.15, -0.1) is 0 Å². The number of benzene rings is 1. The Labute approximate surface area is 212 Å². The van der Waals surface area contributed by atoms with Crippen LogP contribution in [0.1, 0.15) is 51.8 Å². The molecule has 1 aliphatic carbocycles. The van der Waals surface area contributed by atoms with E-state index in [2.05, 4.69) is 79.4 Å². The molecule has 0 bridgehead atoms. The van der Waals surface area contributed by atoms with Crippen molar-refractivity contribution >= 4 is 38.5 Å². The van der Waals surface area contributed by atoms with Crippen LogP contribution in [0.25, 0.3) is 4.48 Å². The van der Waals surface area contributed by atoms with Gasteiger partial charge in [-0.2, -0.15) is 0 Å². The zero-order chi connectivity index (χ0) is 24.6. The van der Waals surface area contributed by atoms with E-state index in [9.17, 15) is 4.79 Å². The third-order valence-electron chi connectivity index (χ3n) is 5.55. The number of hydrogen-bond acceptors (Lipinski definition) is 5. The van der Waals surface area contributed by atoms with Crippen molar-refractivity contribution in [2.75, 3.05) is 33.2 Å². The minimum Gasteiger partial charge on any atom is -0.462 e. The van der Waals surface area contributed by atoms with Gasteiger partial charge < -0.3 is 15.0 Å². The largest absolute Gasteiger partial charge is 0.462 e. The lowest BCUT2D eigenvalue weighted by molar-refractivity contribution is -0.138. The molecule has 1 fully saturated rings. The van der Waals surface area contributed by atoms with Crippen LogP contribution in [0, 0.1) is 0 Å². The highest BCUT2D eigenvalue weighted by Gasteiger charge is 2.36. The molecular formula is C26H37BrClN3O2. The maximum Gasteiger partial charge on any atom is 0.293 e. The summed E-state index contributed by atoms with van der Waals surface area (Å²) in [5.41, 5.74) is 3.52. The SMILES string of the molecule is CC.CC(C)(C)OC=O.CN1CCN([C@H]2c3ccc(Cl)cc3C(Br)=CC3=CC=CNC32)CC1. The summed E-state index contributed by atoms with van der Waals surface area (Å²) >= 11 is 10.1. The van der Waals surface area contributed by atoms with Crippen molar-refractivity contribution in [3.8, 4) is 0 Å². The molecule has 4 rings (SSSR count). The van der Waals surface area contributed by atoms with Gasteiger partial charge in [0.15, 0.2) is 0 Å². The van der Waals surface area contributed by atoms with Crippen molar-refractivity contribution in [2.45, 2.75) is 52.3 Å². The van der Waals surface area contributed by atoms with Gasteiger partial charge in [-0.3, -0.25) is 9.69 Å².